The van der Waals surface area contributed by atoms with Gasteiger partial charge in [-0.1, -0.05) is 149 Å². The lowest BCUT2D eigenvalue weighted by atomic mass is 9.82. The Morgan fingerprint density at radius 1 is 0.587 bits per heavy atom. The van der Waals surface area contributed by atoms with Crippen molar-refractivity contribution >= 4 is 17.0 Å². The van der Waals surface area contributed by atoms with Crippen LogP contribution < -0.4 is 5.84 Å². The maximum Gasteiger partial charge on any atom is 0.140 e. The molecule has 226 valence electrons. The second kappa shape index (κ2) is 10.6. The maximum absolute atomic E-state index is 7.05. The highest BCUT2D eigenvalue weighted by Crippen LogP contribution is 2.50. The Balaban J connectivity index is 1.17. The number of hydrogen-bond donors (Lipinski definition) is 1. The fourth-order valence-electron chi connectivity index (χ4n) is 7.84. The molecule has 6 aromatic rings. The van der Waals surface area contributed by atoms with Gasteiger partial charge in [-0.2, -0.15) is 0 Å². The number of nitrogens with two attached hydrogens (primary N) is 1. The van der Waals surface area contributed by atoms with E-state index in [2.05, 4.69) is 155 Å². The van der Waals surface area contributed by atoms with Gasteiger partial charge in [0.15, 0.2) is 0 Å². The molecule has 0 amide bonds. The molecule has 2 aliphatic carbocycles. The average molecular weight is 598 g/mol. The molecule has 0 bridgehead atoms. The van der Waals surface area contributed by atoms with Crippen molar-refractivity contribution in [2.45, 2.75) is 51.2 Å². The van der Waals surface area contributed by atoms with Crippen LogP contribution in [-0.4, -0.2) is 11.2 Å². The summed E-state index contributed by atoms with van der Waals surface area (Å²) in [5.74, 6) is 7.05. The van der Waals surface area contributed by atoms with E-state index in [0.29, 0.717) is 6.54 Å². The number of nitrogens with zero attached hydrogens (tertiary/aromatic N) is 2. The van der Waals surface area contributed by atoms with Crippen LogP contribution in [0.2, 0.25) is 0 Å². The maximum atomic E-state index is 7.05. The third-order valence-corrected chi connectivity index (χ3v) is 10.4. The van der Waals surface area contributed by atoms with Crippen LogP contribution in [-0.2, 0) is 17.4 Å². The number of hydrogen-bond acceptors (Lipinski definition) is 3. The monoisotopic (exact) mass is 597 g/mol. The molecule has 0 spiro atoms. The number of rotatable bonds is 6. The molecule has 0 heterocycles. The van der Waals surface area contributed by atoms with Crippen LogP contribution in [0.1, 0.15) is 72.8 Å². The Hall–Kier alpha value is -4.83. The van der Waals surface area contributed by atoms with Gasteiger partial charge in [0.1, 0.15) is 6.17 Å². The van der Waals surface area contributed by atoms with Gasteiger partial charge in [0.05, 0.1) is 0 Å². The number of hydrazine groups is 1. The van der Waals surface area contributed by atoms with Crippen LogP contribution in [0, 0.1) is 0 Å². The lowest BCUT2D eigenvalue weighted by Crippen LogP contribution is -2.34. The molecule has 6 aromatic carbocycles. The molecule has 8 rings (SSSR count). The average Bonchev–Trinajstić information content (AvgIpc) is 3.44. The van der Waals surface area contributed by atoms with Crippen molar-refractivity contribution in [3.63, 3.8) is 0 Å². The minimum absolute atomic E-state index is 0.0599. The van der Waals surface area contributed by atoms with E-state index in [0.717, 1.165) is 11.1 Å². The van der Waals surface area contributed by atoms with Crippen LogP contribution in [0.5, 0.6) is 0 Å². The zero-order valence-corrected chi connectivity index (χ0v) is 27.0. The van der Waals surface area contributed by atoms with Crippen LogP contribution >= 0.6 is 0 Å². The van der Waals surface area contributed by atoms with Gasteiger partial charge >= 0.3 is 0 Å². The third-order valence-electron chi connectivity index (χ3n) is 10.4. The fourth-order valence-corrected chi connectivity index (χ4v) is 7.84. The predicted octanol–water partition coefficient (Wildman–Crippen LogP) is 9.95. The van der Waals surface area contributed by atoms with Gasteiger partial charge < -0.3 is 0 Å². The zero-order chi connectivity index (χ0) is 31.6. The third kappa shape index (κ3) is 4.54. The summed E-state index contributed by atoms with van der Waals surface area (Å²) in [6, 6.07) is 46.1. The molecule has 0 aromatic heterocycles. The van der Waals surface area contributed by atoms with Gasteiger partial charge in [0.25, 0.3) is 0 Å². The standard InChI is InChI=1S/C43H39N3/c1-42(2)37-15-9-7-13-33(37)35-21-18-29(24-39(35)42)27-46(44)41(45-26-28-17-19-30-11-5-6-12-31(30)23-28)32-20-22-36-34-14-8-10-16-38(34)43(3,4)40(36)25-32/h5-26,41H,27,44H2,1-4H3. The molecule has 0 saturated heterocycles. The predicted molar refractivity (Wildman–Crippen MR) is 192 cm³/mol. The molecular weight excluding hydrogens is 558 g/mol. The van der Waals surface area contributed by atoms with Crippen molar-refractivity contribution in [2.24, 2.45) is 10.8 Å². The lowest BCUT2D eigenvalue weighted by molar-refractivity contribution is 0.199. The molecule has 2 N–H and O–H groups in total. The Bertz CT molecular complexity index is 2170. The van der Waals surface area contributed by atoms with Crippen molar-refractivity contribution < 1.29 is 0 Å². The van der Waals surface area contributed by atoms with Crippen molar-refractivity contribution in [2.75, 3.05) is 0 Å². The summed E-state index contributed by atoms with van der Waals surface area (Å²) >= 11 is 0. The molecule has 0 radical (unpaired) electrons. The summed E-state index contributed by atoms with van der Waals surface area (Å²) in [5.41, 5.74) is 13.9. The molecule has 1 unspecified atom stereocenters. The van der Waals surface area contributed by atoms with E-state index in [1.807, 2.05) is 11.2 Å². The highest BCUT2D eigenvalue weighted by atomic mass is 15.5. The van der Waals surface area contributed by atoms with Crippen LogP contribution in [0.3, 0.4) is 0 Å². The molecule has 3 heteroatoms. The first-order valence-corrected chi connectivity index (χ1v) is 16.2. The molecule has 0 saturated carbocycles. The van der Waals surface area contributed by atoms with Crippen molar-refractivity contribution in [3.8, 4) is 22.3 Å². The summed E-state index contributed by atoms with van der Waals surface area (Å²) in [7, 11) is 0. The van der Waals surface area contributed by atoms with Crippen molar-refractivity contribution in [1.82, 2.24) is 5.01 Å². The van der Waals surface area contributed by atoms with E-state index >= 15 is 0 Å². The summed E-state index contributed by atoms with van der Waals surface area (Å²) in [4.78, 5) is 5.20. The van der Waals surface area contributed by atoms with Gasteiger partial charge in [-0.25, -0.2) is 5.01 Å². The summed E-state index contributed by atoms with van der Waals surface area (Å²) < 4.78 is 0. The number of benzene rings is 6. The second-order valence-corrected chi connectivity index (χ2v) is 14.0. The Labute approximate surface area is 272 Å². The fraction of sp³-hybridized carbons (Fsp3) is 0.186. The minimum Gasteiger partial charge on any atom is -0.267 e. The summed E-state index contributed by atoms with van der Waals surface area (Å²) in [6.07, 6.45) is 1.61. The van der Waals surface area contributed by atoms with Gasteiger partial charge in [-0.3, -0.25) is 10.8 Å². The van der Waals surface area contributed by atoms with Crippen molar-refractivity contribution in [3.05, 3.63) is 166 Å². The van der Waals surface area contributed by atoms with E-state index in [1.165, 1.54) is 60.8 Å². The first kappa shape index (κ1) is 28.6. The molecular formula is C43H39N3. The Morgan fingerprint density at radius 3 is 1.85 bits per heavy atom. The SMILES string of the molecule is CC1(C)c2ccccc2-c2ccc(CN(N)C(N=Cc3ccc4ccccc4c3)c3ccc4c(c3)C(C)(C)c3ccccc3-4)cc21. The Kier molecular flexibility index (Phi) is 6.61. The minimum atomic E-state index is -0.366. The number of fused-ring (bicyclic) bond motifs is 7. The van der Waals surface area contributed by atoms with Gasteiger partial charge in [-0.15, -0.1) is 0 Å². The van der Waals surface area contributed by atoms with Crippen LogP contribution in [0.15, 0.2) is 132 Å². The van der Waals surface area contributed by atoms with Crippen LogP contribution in [0.4, 0.5) is 0 Å². The summed E-state index contributed by atoms with van der Waals surface area (Å²) in [6.45, 7) is 9.85. The van der Waals surface area contributed by atoms with Crippen molar-refractivity contribution in [1.29, 1.82) is 0 Å². The molecule has 46 heavy (non-hydrogen) atoms. The van der Waals surface area contributed by atoms with Gasteiger partial charge in [0, 0.05) is 23.6 Å². The van der Waals surface area contributed by atoms with E-state index in [4.69, 9.17) is 10.8 Å². The van der Waals surface area contributed by atoms with Crippen LogP contribution in [0.25, 0.3) is 33.0 Å². The topological polar surface area (TPSA) is 41.6 Å². The van der Waals surface area contributed by atoms with Gasteiger partial charge in [0.2, 0.25) is 0 Å². The smallest absolute Gasteiger partial charge is 0.140 e. The zero-order valence-electron chi connectivity index (χ0n) is 27.0. The van der Waals surface area contributed by atoms with E-state index in [1.54, 1.807) is 0 Å². The summed E-state index contributed by atoms with van der Waals surface area (Å²) in [5, 5.41) is 4.32. The first-order chi connectivity index (χ1) is 22.2. The quantitative estimate of drug-likeness (QED) is 0.118. The van der Waals surface area contributed by atoms with Gasteiger partial charge in [-0.05, 0) is 78.0 Å². The molecule has 0 aliphatic heterocycles. The molecule has 2 aliphatic rings. The van der Waals surface area contributed by atoms with E-state index < -0.39 is 0 Å². The Morgan fingerprint density at radius 2 is 1.15 bits per heavy atom. The highest BCUT2D eigenvalue weighted by Gasteiger charge is 2.37. The largest absolute Gasteiger partial charge is 0.267 e. The van der Waals surface area contributed by atoms with E-state index in [-0.39, 0.29) is 17.0 Å². The molecule has 0 fully saturated rings. The molecule has 1 atom stereocenters. The van der Waals surface area contributed by atoms with E-state index in [9.17, 15) is 0 Å². The lowest BCUT2D eigenvalue weighted by Gasteiger charge is -2.28. The number of aliphatic imine (C=N–C) groups is 1. The molecule has 3 nitrogen and oxygen atoms in total. The highest BCUT2D eigenvalue weighted by molar-refractivity contribution is 5.90. The second-order valence-electron chi connectivity index (χ2n) is 14.0. The first-order valence-electron chi connectivity index (χ1n) is 16.2. The normalized spacial score (nSPS) is 16.0.